The molecule has 104 valence electrons. The number of hydrogen-bond acceptors (Lipinski definition) is 4. The molecule has 0 spiro atoms. The molecule has 5 heteroatoms. The predicted molar refractivity (Wildman–Crippen MR) is 78.8 cm³/mol. The molecule has 0 saturated heterocycles. The number of nitro benzene ring substituents is 1. The number of nitrogens with one attached hydrogen (secondary N) is 1. The van der Waals surface area contributed by atoms with Crippen molar-refractivity contribution in [1.29, 1.82) is 0 Å². The zero-order valence-corrected chi connectivity index (χ0v) is 11.4. The van der Waals surface area contributed by atoms with Gasteiger partial charge in [-0.15, -0.1) is 0 Å². The van der Waals surface area contributed by atoms with Gasteiger partial charge in [0.25, 0.3) is 5.69 Å². The molecule has 1 saturated carbocycles. The number of nitro groups is 1. The smallest absolute Gasteiger partial charge is 0.278 e. The number of aromatic nitrogens is 1. The van der Waals surface area contributed by atoms with Crippen LogP contribution >= 0.6 is 0 Å². The van der Waals surface area contributed by atoms with Crippen LogP contribution in [0.2, 0.25) is 0 Å². The second-order valence-electron chi connectivity index (χ2n) is 5.43. The molecule has 1 aromatic carbocycles. The van der Waals surface area contributed by atoms with Crippen molar-refractivity contribution in [3.8, 4) is 0 Å². The van der Waals surface area contributed by atoms with E-state index in [0.717, 1.165) is 11.1 Å². The number of non-ortho nitro benzene ring substituents is 1. The third kappa shape index (κ3) is 2.19. The Balaban J connectivity index is 1.99. The van der Waals surface area contributed by atoms with Crippen LogP contribution in [0, 0.1) is 16.0 Å². The van der Waals surface area contributed by atoms with Crippen molar-refractivity contribution in [1.82, 2.24) is 4.98 Å². The minimum absolute atomic E-state index is 0.106. The SMILES string of the molecule is CC(Nc1ccc([N+](=O)[O-])c2cnccc12)C1CCC1. The number of benzene rings is 1. The van der Waals surface area contributed by atoms with Crippen LogP contribution in [-0.2, 0) is 0 Å². The summed E-state index contributed by atoms with van der Waals surface area (Å²) in [6, 6.07) is 5.58. The summed E-state index contributed by atoms with van der Waals surface area (Å²) in [6.07, 6.45) is 7.07. The zero-order valence-electron chi connectivity index (χ0n) is 11.4. The highest BCUT2D eigenvalue weighted by Gasteiger charge is 2.24. The van der Waals surface area contributed by atoms with E-state index >= 15 is 0 Å². The molecule has 1 aliphatic carbocycles. The Bertz CT molecular complexity index is 653. The molecule has 2 aromatic rings. The largest absolute Gasteiger partial charge is 0.382 e. The van der Waals surface area contributed by atoms with E-state index in [-0.39, 0.29) is 10.6 Å². The topological polar surface area (TPSA) is 68.1 Å². The standard InChI is InChI=1S/C15H17N3O2/c1-10(11-3-2-4-11)17-14-5-6-15(18(19)20)13-9-16-8-7-12(13)14/h5-11,17H,2-4H2,1H3. The van der Waals surface area contributed by atoms with Crippen molar-refractivity contribution in [2.75, 3.05) is 5.32 Å². The first-order valence-electron chi connectivity index (χ1n) is 6.94. The molecule has 20 heavy (non-hydrogen) atoms. The number of fused-ring (bicyclic) bond motifs is 1. The van der Waals surface area contributed by atoms with Crippen LogP contribution in [0.15, 0.2) is 30.6 Å². The van der Waals surface area contributed by atoms with Crippen molar-refractivity contribution >= 4 is 22.1 Å². The highest BCUT2D eigenvalue weighted by atomic mass is 16.6. The predicted octanol–water partition coefficient (Wildman–Crippen LogP) is 3.74. The van der Waals surface area contributed by atoms with Crippen LogP contribution < -0.4 is 5.32 Å². The Morgan fingerprint density at radius 1 is 1.35 bits per heavy atom. The Hall–Kier alpha value is -2.17. The highest BCUT2D eigenvalue weighted by molar-refractivity contribution is 5.99. The van der Waals surface area contributed by atoms with E-state index < -0.39 is 0 Å². The third-order valence-electron chi connectivity index (χ3n) is 4.23. The number of nitrogens with zero attached hydrogens (tertiary/aromatic N) is 2. The molecule has 1 fully saturated rings. The molecule has 0 radical (unpaired) electrons. The molecule has 0 bridgehead atoms. The van der Waals surface area contributed by atoms with Gasteiger partial charge in [0, 0.05) is 35.6 Å². The van der Waals surface area contributed by atoms with Gasteiger partial charge in [0.05, 0.1) is 10.3 Å². The maximum Gasteiger partial charge on any atom is 0.278 e. The summed E-state index contributed by atoms with van der Waals surface area (Å²) in [5, 5.41) is 16.0. The van der Waals surface area contributed by atoms with E-state index in [2.05, 4.69) is 17.2 Å². The van der Waals surface area contributed by atoms with Crippen LogP contribution in [0.4, 0.5) is 11.4 Å². The van der Waals surface area contributed by atoms with Crippen molar-refractivity contribution in [3.63, 3.8) is 0 Å². The minimum Gasteiger partial charge on any atom is -0.382 e. The molecule has 5 nitrogen and oxygen atoms in total. The second kappa shape index (κ2) is 5.07. The number of pyridine rings is 1. The Labute approximate surface area is 117 Å². The Morgan fingerprint density at radius 2 is 2.15 bits per heavy atom. The quantitative estimate of drug-likeness (QED) is 0.679. The summed E-state index contributed by atoms with van der Waals surface area (Å²) < 4.78 is 0. The van der Waals surface area contributed by atoms with Gasteiger partial charge in [-0.2, -0.15) is 0 Å². The fraction of sp³-hybridized carbons (Fsp3) is 0.400. The lowest BCUT2D eigenvalue weighted by molar-refractivity contribution is -0.383. The number of hydrogen-bond donors (Lipinski definition) is 1. The van der Waals surface area contributed by atoms with E-state index in [4.69, 9.17) is 0 Å². The van der Waals surface area contributed by atoms with Crippen molar-refractivity contribution in [2.24, 2.45) is 5.92 Å². The normalized spacial score (nSPS) is 16.6. The van der Waals surface area contributed by atoms with Crippen LogP contribution in [0.5, 0.6) is 0 Å². The Kier molecular flexibility index (Phi) is 3.26. The molecular formula is C15H17N3O2. The molecule has 1 aromatic heterocycles. The average Bonchev–Trinajstić information content (AvgIpc) is 2.36. The van der Waals surface area contributed by atoms with Crippen molar-refractivity contribution in [2.45, 2.75) is 32.2 Å². The molecular weight excluding hydrogens is 254 g/mol. The number of anilines is 1. The highest BCUT2D eigenvalue weighted by Crippen LogP contribution is 2.34. The molecule has 0 amide bonds. The van der Waals surface area contributed by atoms with Crippen LogP contribution in [-0.4, -0.2) is 15.9 Å². The van der Waals surface area contributed by atoms with Gasteiger partial charge in [-0.1, -0.05) is 6.42 Å². The fourth-order valence-corrected chi connectivity index (χ4v) is 2.76. The Morgan fingerprint density at radius 3 is 2.80 bits per heavy atom. The van der Waals surface area contributed by atoms with Crippen LogP contribution in [0.1, 0.15) is 26.2 Å². The monoisotopic (exact) mass is 271 g/mol. The van der Waals surface area contributed by atoms with Gasteiger partial charge < -0.3 is 5.32 Å². The van der Waals surface area contributed by atoms with E-state index in [1.165, 1.54) is 19.3 Å². The van der Waals surface area contributed by atoms with E-state index in [9.17, 15) is 10.1 Å². The first-order valence-corrected chi connectivity index (χ1v) is 6.94. The van der Waals surface area contributed by atoms with E-state index in [1.54, 1.807) is 24.5 Å². The van der Waals surface area contributed by atoms with Crippen molar-refractivity contribution < 1.29 is 4.92 Å². The maximum absolute atomic E-state index is 11.1. The van der Waals surface area contributed by atoms with E-state index in [1.807, 2.05) is 6.07 Å². The number of rotatable bonds is 4. The van der Waals surface area contributed by atoms with Gasteiger partial charge in [-0.3, -0.25) is 15.1 Å². The summed E-state index contributed by atoms with van der Waals surface area (Å²) in [5.41, 5.74) is 1.06. The van der Waals surface area contributed by atoms with Gasteiger partial charge in [-0.05, 0) is 37.8 Å². The lowest BCUT2D eigenvalue weighted by Crippen LogP contribution is -2.30. The lowest BCUT2D eigenvalue weighted by Gasteiger charge is -2.32. The summed E-state index contributed by atoms with van der Waals surface area (Å²) >= 11 is 0. The van der Waals surface area contributed by atoms with Crippen molar-refractivity contribution in [3.05, 3.63) is 40.7 Å². The zero-order chi connectivity index (χ0) is 14.1. The van der Waals surface area contributed by atoms with Crippen LogP contribution in [0.3, 0.4) is 0 Å². The van der Waals surface area contributed by atoms with Gasteiger partial charge in [0.15, 0.2) is 0 Å². The average molecular weight is 271 g/mol. The van der Waals surface area contributed by atoms with Gasteiger partial charge in [0.1, 0.15) is 0 Å². The molecule has 3 rings (SSSR count). The van der Waals surface area contributed by atoms with E-state index in [0.29, 0.717) is 17.3 Å². The maximum atomic E-state index is 11.1. The first-order chi connectivity index (χ1) is 9.66. The molecule has 1 unspecified atom stereocenters. The summed E-state index contributed by atoms with van der Waals surface area (Å²) in [4.78, 5) is 14.7. The summed E-state index contributed by atoms with van der Waals surface area (Å²) in [5.74, 6) is 0.710. The third-order valence-corrected chi connectivity index (χ3v) is 4.23. The second-order valence-corrected chi connectivity index (χ2v) is 5.43. The van der Waals surface area contributed by atoms with Crippen LogP contribution in [0.25, 0.3) is 10.8 Å². The summed E-state index contributed by atoms with van der Waals surface area (Å²) in [6.45, 7) is 2.18. The summed E-state index contributed by atoms with van der Waals surface area (Å²) in [7, 11) is 0. The molecule has 1 N–H and O–H groups in total. The van der Waals surface area contributed by atoms with Gasteiger partial charge >= 0.3 is 0 Å². The molecule has 0 aliphatic heterocycles. The van der Waals surface area contributed by atoms with Gasteiger partial charge in [0.2, 0.25) is 0 Å². The molecule has 1 atom stereocenters. The minimum atomic E-state index is -0.358. The fourth-order valence-electron chi connectivity index (χ4n) is 2.76. The molecule has 1 aliphatic rings. The first kappa shape index (κ1) is 12.8. The molecule has 1 heterocycles. The van der Waals surface area contributed by atoms with Gasteiger partial charge in [-0.25, -0.2) is 0 Å². The lowest BCUT2D eigenvalue weighted by atomic mass is 9.80.